The summed E-state index contributed by atoms with van der Waals surface area (Å²) in [6, 6.07) is 17.6. The van der Waals surface area contributed by atoms with Crippen molar-refractivity contribution in [2.24, 2.45) is 10.8 Å². The molecule has 0 N–H and O–H groups in total. The fourth-order valence-corrected chi connectivity index (χ4v) is 5.00. The quantitative estimate of drug-likeness (QED) is 0.419. The molecule has 0 aliphatic carbocycles. The molecule has 3 atom stereocenters. The first kappa shape index (κ1) is 25.8. The van der Waals surface area contributed by atoms with Gasteiger partial charge in [0.2, 0.25) is 0 Å². The van der Waals surface area contributed by atoms with Crippen LogP contribution in [0.5, 0.6) is 5.75 Å². The topological polar surface area (TPSA) is 18.5 Å². The van der Waals surface area contributed by atoms with Gasteiger partial charge in [0.05, 0.1) is 6.10 Å². The van der Waals surface area contributed by atoms with Gasteiger partial charge in [-0.2, -0.15) is 0 Å². The highest BCUT2D eigenvalue weighted by Gasteiger charge is 2.31. The van der Waals surface area contributed by atoms with Crippen LogP contribution in [0.4, 0.5) is 0 Å². The average Bonchev–Trinajstić information content (AvgIpc) is 2.72. The van der Waals surface area contributed by atoms with E-state index in [1.54, 1.807) is 0 Å². The van der Waals surface area contributed by atoms with Gasteiger partial charge in [-0.15, -0.1) is 0 Å². The summed E-state index contributed by atoms with van der Waals surface area (Å²) >= 11 is 0. The predicted octanol–water partition coefficient (Wildman–Crippen LogP) is 8.89. The molecule has 3 unspecified atom stereocenters. The van der Waals surface area contributed by atoms with Gasteiger partial charge >= 0.3 is 0 Å². The Morgan fingerprint density at radius 3 is 2.24 bits per heavy atom. The molecule has 0 spiro atoms. The van der Waals surface area contributed by atoms with E-state index in [0.29, 0.717) is 11.8 Å². The van der Waals surface area contributed by atoms with E-state index >= 15 is 0 Å². The molecular formula is C31H46O2. The van der Waals surface area contributed by atoms with Crippen molar-refractivity contribution in [1.29, 1.82) is 0 Å². The number of benzene rings is 2. The summed E-state index contributed by atoms with van der Waals surface area (Å²) in [6.07, 6.45) is 5.39. The first-order valence-electron chi connectivity index (χ1n) is 12.9. The average molecular weight is 451 g/mol. The fourth-order valence-electron chi connectivity index (χ4n) is 5.00. The highest BCUT2D eigenvalue weighted by Crippen LogP contribution is 2.44. The maximum Gasteiger partial charge on any atom is 0.200 e. The van der Waals surface area contributed by atoms with Crippen LogP contribution in [0, 0.1) is 10.8 Å². The second-order valence-electron chi connectivity index (χ2n) is 12.6. The van der Waals surface area contributed by atoms with Gasteiger partial charge in [0.1, 0.15) is 5.75 Å². The fraction of sp³-hybridized carbons (Fsp3) is 0.613. The van der Waals surface area contributed by atoms with E-state index in [9.17, 15) is 0 Å². The Kier molecular flexibility index (Phi) is 8.32. The Balaban J connectivity index is 1.77. The molecule has 2 nitrogen and oxygen atoms in total. The van der Waals surface area contributed by atoms with Gasteiger partial charge in [-0.1, -0.05) is 97.9 Å². The largest absolute Gasteiger partial charge is 0.465 e. The third-order valence-corrected chi connectivity index (χ3v) is 6.79. The van der Waals surface area contributed by atoms with E-state index in [1.165, 1.54) is 23.1 Å². The zero-order valence-electron chi connectivity index (χ0n) is 22.3. The third-order valence-electron chi connectivity index (χ3n) is 6.79. The standard InChI is InChI=1S/C31H46O2/c1-22(2)26-20-24(27(31(6,7)8)21-30(3,4)5)17-18-28(26)33-29-16-12-15-25(32-29)19-23-13-10-9-11-14-23/h9-11,13-14,17-18,20,22,25,27,29H,12,15-16,19,21H2,1-8H3. The molecule has 33 heavy (non-hydrogen) atoms. The normalized spacial score (nSPS) is 20.6. The van der Waals surface area contributed by atoms with Gasteiger partial charge < -0.3 is 9.47 Å². The number of hydrogen-bond acceptors (Lipinski definition) is 2. The Labute approximate surface area is 203 Å². The van der Waals surface area contributed by atoms with E-state index in [1.807, 2.05) is 0 Å². The summed E-state index contributed by atoms with van der Waals surface area (Å²) in [5.74, 6) is 1.90. The van der Waals surface area contributed by atoms with Gasteiger partial charge in [-0.05, 0) is 71.1 Å². The summed E-state index contributed by atoms with van der Waals surface area (Å²) in [5, 5.41) is 0. The van der Waals surface area contributed by atoms with E-state index in [4.69, 9.17) is 9.47 Å². The van der Waals surface area contributed by atoms with Crippen LogP contribution < -0.4 is 4.74 Å². The van der Waals surface area contributed by atoms with E-state index in [-0.39, 0.29) is 23.2 Å². The monoisotopic (exact) mass is 450 g/mol. The smallest absolute Gasteiger partial charge is 0.200 e. The maximum absolute atomic E-state index is 6.51. The van der Waals surface area contributed by atoms with Crippen LogP contribution in [0.3, 0.4) is 0 Å². The highest BCUT2D eigenvalue weighted by atomic mass is 16.7. The van der Waals surface area contributed by atoms with Crippen molar-refractivity contribution in [3.8, 4) is 5.75 Å². The van der Waals surface area contributed by atoms with Gasteiger partial charge in [0, 0.05) is 6.42 Å². The van der Waals surface area contributed by atoms with E-state index in [0.717, 1.165) is 31.4 Å². The van der Waals surface area contributed by atoms with Crippen molar-refractivity contribution in [2.45, 2.75) is 112 Å². The molecule has 0 amide bonds. The highest BCUT2D eigenvalue weighted by molar-refractivity contribution is 5.41. The number of ether oxygens (including phenoxy) is 2. The molecule has 1 aliphatic heterocycles. The van der Waals surface area contributed by atoms with Crippen molar-refractivity contribution in [3.63, 3.8) is 0 Å². The van der Waals surface area contributed by atoms with Crippen LogP contribution >= 0.6 is 0 Å². The van der Waals surface area contributed by atoms with Crippen molar-refractivity contribution in [3.05, 3.63) is 65.2 Å². The first-order chi connectivity index (χ1) is 15.4. The molecular weight excluding hydrogens is 404 g/mol. The molecule has 182 valence electrons. The SMILES string of the molecule is CC(C)c1cc(C(CC(C)(C)C)C(C)(C)C)ccc1OC1CCCC(Cc2ccccc2)O1. The molecule has 1 fully saturated rings. The van der Waals surface area contributed by atoms with Gasteiger partial charge in [-0.3, -0.25) is 0 Å². The molecule has 0 bridgehead atoms. The summed E-state index contributed by atoms with van der Waals surface area (Å²) in [6.45, 7) is 18.7. The second kappa shape index (κ2) is 10.6. The zero-order chi connectivity index (χ0) is 24.2. The minimum Gasteiger partial charge on any atom is -0.465 e. The summed E-state index contributed by atoms with van der Waals surface area (Å²) in [7, 11) is 0. The van der Waals surface area contributed by atoms with Gasteiger partial charge in [-0.25, -0.2) is 0 Å². The van der Waals surface area contributed by atoms with Crippen LogP contribution in [-0.2, 0) is 11.2 Å². The Morgan fingerprint density at radius 1 is 0.939 bits per heavy atom. The molecule has 0 radical (unpaired) electrons. The summed E-state index contributed by atoms with van der Waals surface area (Å²) < 4.78 is 12.9. The van der Waals surface area contributed by atoms with Crippen molar-refractivity contribution in [1.82, 2.24) is 0 Å². The third kappa shape index (κ3) is 7.60. The lowest BCUT2D eigenvalue weighted by Gasteiger charge is -2.37. The second-order valence-corrected chi connectivity index (χ2v) is 12.6. The molecule has 2 aromatic carbocycles. The van der Waals surface area contributed by atoms with Gasteiger partial charge in [0.15, 0.2) is 6.29 Å². The molecule has 0 aromatic heterocycles. The summed E-state index contributed by atoms with van der Waals surface area (Å²) in [5.41, 5.74) is 4.56. The minimum atomic E-state index is -0.163. The molecule has 1 heterocycles. The molecule has 1 aliphatic rings. The predicted molar refractivity (Wildman–Crippen MR) is 140 cm³/mol. The Morgan fingerprint density at radius 2 is 1.64 bits per heavy atom. The lowest BCUT2D eigenvalue weighted by atomic mass is 9.69. The van der Waals surface area contributed by atoms with E-state index < -0.39 is 0 Å². The Hall–Kier alpha value is -1.80. The van der Waals surface area contributed by atoms with Crippen LogP contribution in [0.25, 0.3) is 0 Å². The lowest BCUT2D eigenvalue weighted by molar-refractivity contribution is -0.146. The molecule has 2 heteroatoms. The van der Waals surface area contributed by atoms with Crippen LogP contribution in [0.2, 0.25) is 0 Å². The Bertz CT molecular complexity index is 870. The maximum atomic E-state index is 6.51. The number of hydrogen-bond donors (Lipinski definition) is 0. The zero-order valence-corrected chi connectivity index (χ0v) is 22.3. The van der Waals surface area contributed by atoms with Crippen LogP contribution in [-0.4, -0.2) is 12.4 Å². The van der Waals surface area contributed by atoms with Crippen molar-refractivity contribution < 1.29 is 9.47 Å². The molecule has 2 aromatic rings. The molecule has 1 saturated heterocycles. The minimum absolute atomic E-state index is 0.163. The van der Waals surface area contributed by atoms with Crippen LogP contribution in [0.1, 0.15) is 110 Å². The van der Waals surface area contributed by atoms with Gasteiger partial charge in [0.25, 0.3) is 0 Å². The molecule has 3 rings (SSSR count). The first-order valence-corrected chi connectivity index (χ1v) is 12.9. The van der Waals surface area contributed by atoms with Crippen molar-refractivity contribution >= 4 is 0 Å². The number of rotatable bonds is 7. The van der Waals surface area contributed by atoms with Crippen molar-refractivity contribution in [2.75, 3.05) is 0 Å². The van der Waals surface area contributed by atoms with E-state index in [2.05, 4.69) is 104 Å². The molecule has 0 saturated carbocycles. The van der Waals surface area contributed by atoms with Crippen LogP contribution in [0.15, 0.2) is 48.5 Å². The summed E-state index contributed by atoms with van der Waals surface area (Å²) in [4.78, 5) is 0. The lowest BCUT2D eigenvalue weighted by Crippen LogP contribution is -2.33.